The molecule has 7 nitrogen and oxygen atoms in total. The second-order valence-electron chi connectivity index (χ2n) is 9.60. The minimum Gasteiger partial charge on any atom is -0.490 e. The summed E-state index contributed by atoms with van der Waals surface area (Å²) < 4.78 is 6.33. The monoisotopic (exact) mass is 423 g/mol. The molecule has 2 aliphatic rings. The number of anilines is 1. The van der Waals surface area contributed by atoms with Crippen LogP contribution >= 0.6 is 0 Å². The molecule has 1 saturated carbocycles. The molecule has 0 spiro atoms. The van der Waals surface area contributed by atoms with E-state index in [9.17, 15) is 0 Å². The summed E-state index contributed by atoms with van der Waals surface area (Å²) in [6.07, 6.45) is 5.67. The molecule has 166 valence electrons. The zero-order valence-electron chi connectivity index (χ0n) is 18.9. The maximum absolute atomic E-state index is 6.33. The van der Waals surface area contributed by atoms with Gasteiger partial charge in [0.1, 0.15) is 24.5 Å². The van der Waals surface area contributed by atoms with E-state index in [1.54, 1.807) is 0 Å². The van der Waals surface area contributed by atoms with Gasteiger partial charge in [-0.3, -0.25) is 0 Å². The zero-order valence-corrected chi connectivity index (χ0v) is 18.9. The van der Waals surface area contributed by atoms with Gasteiger partial charge in [-0.05, 0) is 63.6 Å². The quantitative estimate of drug-likeness (QED) is 0.703. The average Bonchev–Trinajstić information content (AvgIpc) is 2.71. The standard InChI is InChI=1S/C24H33N5O2/c1-14(2)12-30-29-22-19-11-17(31-16-7-5-15(25)6-8-16)9-10-18(19)21-20(24(22,3)4)23(26)28-13-27-21/h9-11,13-16H,5-8,12,25H2,1-4H3,(H2,26,27,28)/b29-22+/t15-,16-. The molecule has 0 aliphatic heterocycles. The van der Waals surface area contributed by atoms with Gasteiger partial charge in [0.25, 0.3) is 0 Å². The highest BCUT2D eigenvalue weighted by Gasteiger charge is 2.41. The van der Waals surface area contributed by atoms with Crippen molar-refractivity contribution in [3.05, 3.63) is 35.7 Å². The van der Waals surface area contributed by atoms with E-state index in [1.165, 1.54) is 6.33 Å². The van der Waals surface area contributed by atoms with Crippen LogP contribution in [0.1, 0.15) is 64.5 Å². The van der Waals surface area contributed by atoms with Crippen molar-refractivity contribution in [2.24, 2.45) is 16.8 Å². The molecular formula is C24H33N5O2. The first-order chi connectivity index (χ1) is 14.8. The Labute approximate surface area is 184 Å². The summed E-state index contributed by atoms with van der Waals surface area (Å²) in [5, 5.41) is 4.59. The van der Waals surface area contributed by atoms with Crippen LogP contribution in [0, 0.1) is 5.92 Å². The minimum absolute atomic E-state index is 0.192. The molecule has 31 heavy (non-hydrogen) atoms. The molecule has 1 fully saturated rings. The van der Waals surface area contributed by atoms with Crippen molar-refractivity contribution >= 4 is 11.5 Å². The Morgan fingerprint density at radius 1 is 1.13 bits per heavy atom. The van der Waals surface area contributed by atoms with Crippen LogP contribution in [-0.2, 0) is 10.3 Å². The van der Waals surface area contributed by atoms with Crippen LogP contribution in [0.5, 0.6) is 5.75 Å². The normalized spacial score (nSPS) is 23.4. The van der Waals surface area contributed by atoms with Crippen LogP contribution in [0.4, 0.5) is 5.82 Å². The van der Waals surface area contributed by atoms with Gasteiger partial charge in [-0.25, -0.2) is 9.97 Å². The first-order valence-electron chi connectivity index (χ1n) is 11.2. The fourth-order valence-electron chi connectivity index (χ4n) is 4.49. The molecule has 0 radical (unpaired) electrons. The summed E-state index contributed by atoms with van der Waals surface area (Å²) in [5.41, 5.74) is 16.3. The van der Waals surface area contributed by atoms with Crippen LogP contribution in [0.3, 0.4) is 0 Å². The van der Waals surface area contributed by atoms with Crippen LogP contribution < -0.4 is 16.2 Å². The Balaban J connectivity index is 1.76. The second kappa shape index (κ2) is 8.46. The second-order valence-corrected chi connectivity index (χ2v) is 9.60. The predicted molar refractivity (Wildman–Crippen MR) is 123 cm³/mol. The number of nitrogens with zero attached hydrogens (tertiary/aromatic N) is 3. The van der Waals surface area contributed by atoms with Crippen LogP contribution in [0.15, 0.2) is 29.7 Å². The summed E-state index contributed by atoms with van der Waals surface area (Å²) in [6.45, 7) is 8.91. The molecule has 4 N–H and O–H groups in total. The lowest BCUT2D eigenvalue weighted by Crippen LogP contribution is -2.36. The summed E-state index contributed by atoms with van der Waals surface area (Å²) in [4.78, 5) is 14.5. The summed E-state index contributed by atoms with van der Waals surface area (Å²) in [7, 11) is 0. The SMILES string of the molecule is CC(C)CO/N=C1\c2cc(O[C@H]3CC[C@H](N)CC3)ccc2-c2ncnc(N)c2C1(C)C. The number of oxime groups is 1. The number of nitrogen functional groups attached to an aromatic ring is 1. The number of hydrogen-bond donors (Lipinski definition) is 2. The maximum Gasteiger partial charge on any atom is 0.131 e. The number of fused-ring (bicyclic) bond motifs is 3. The Morgan fingerprint density at radius 3 is 2.58 bits per heavy atom. The third-order valence-corrected chi connectivity index (χ3v) is 6.18. The van der Waals surface area contributed by atoms with Crippen molar-refractivity contribution in [2.75, 3.05) is 12.3 Å². The van der Waals surface area contributed by atoms with Crippen molar-refractivity contribution < 1.29 is 9.57 Å². The summed E-state index contributed by atoms with van der Waals surface area (Å²) >= 11 is 0. The van der Waals surface area contributed by atoms with Crippen LogP contribution in [0.2, 0.25) is 0 Å². The number of benzene rings is 1. The molecule has 0 unspecified atom stereocenters. The van der Waals surface area contributed by atoms with Crippen molar-refractivity contribution in [3.63, 3.8) is 0 Å². The van der Waals surface area contributed by atoms with Crippen molar-refractivity contribution in [3.8, 4) is 17.0 Å². The Bertz CT molecular complexity index is 978. The number of ether oxygens (including phenoxy) is 1. The van der Waals surface area contributed by atoms with E-state index in [0.717, 1.165) is 59.5 Å². The summed E-state index contributed by atoms with van der Waals surface area (Å²) in [5.74, 6) is 1.68. The predicted octanol–water partition coefficient (Wildman–Crippen LogP) is 4.04. The van der Waals surface area contributed by atoms with Gasteiger partial charge in [0, 0.05) is 28.1 Å². The Hall–Kier alpha value is -2.67. The van der Waals surface area contributed by atoms with Crippen LogP contribution in [0.25, 0.3) is 11.3 Å². The first kappa shape index (κ1) is 21.6. The molecule has 1 heterocycles. The van der Waals surface area contributed by atoms with E-state index >= 15 is 0 Å². The molecule has 1 aromatic heterocycles. The van der Waals surface area contributed by atoms with Crippen molar-refractivity contribution in [1.82, 2.24) is 9.97 Å². The lowest BCUT2D eigenvalue weighted by Gasteiger charge is -2.35. The third-order valence-electron chi connectivity index (χ3n) is 6.18. The minimum atomic E-state index is -0.513. The highest BCUT2D eigenvalue weighted by Crippen LogP contribution is 2.45. The number of nitrogens with two attached hydrogens (primary N) is 2. The molecule has 2 aromatic rings. The largest absolute Gasteiger partial charge is 0.490 e. The Kier molecular flexibility index (Phi) is 5.88. The van der Waals surface area contributed by atoms with Gasteiger partial charge in [-0.15, -0.1) is 0 Å². The van der Waals surface area contributed by atoms with E-state index in [-0.39, 0.29) is 6.10 Å². The fourth-order valence-corrected chi connectivity index (χ4v) is 4.49. The van der Waals surface area contributed by atoms with Gasteiger partial charge in [0.2, 0.25) is 0 Å². The van der Waals surface area contributed by atoms with Crippen molar-refractivity contribution in [2.45, 2.75) is 70.9 Å². The highest BCUT2D eigenvalue weighted by atomic mass is 16.6. The Morgan fingerprint density at radius 2 is 1.87 bits per heavy atom. The van der Waals surface area contributed by atoms with E-state index in [4.69, 9.17) is 21.0 Å². The average molecular weight is 424 g/mol. The van der Waals surface area contributed by atoms with E-state index in [0.29, 0.717) is 24.4 Å². The molecule has 0 saturated heterocycles. The lowest BCUT2D eigenvalue weighted by atomic mass is 9.70. The topological polar surface area (TPSA) is 109 Å². The van der Waals surface area contributed by atoms with E-state index in [1.807, 2.05) is 12.1 Å². The molecule has 7 heteroatoms. The van der Waals surface area contributed by atoms with Gasteiger partial charge in [-0.2, -0.15) is 0 Å². The fraction of sp³-hybridized carbons (Fsp3) is 0.542. The molecule has 0 bridgehead atoms. The van der Waals surface area contributed by atoms with E-state index in [2.05, 4.69) is 48.9 Å². The lowest BCUT2D eigenvalue weighted by molar-refractivity contribution is 0.117. The molecular weight excluding hydrogens is 390 g/mol. The summed E-state index contributed by atoms with van der Waals surface area (Å²) in [6, 6.07) is 6.39. The number of rotatable bonds is 5. The maximum atomic E-state index is 6.33. The van der Waals surface area contributed by atoms with Gasteiger partial charge >= 0.3 is 0 Å². The molecule has 0 amide bonds. The molecule has 1 aromatic carbocycles. The van der Waals surface area contributed by atoms with Crippen LogP contribution in [-0.4, -0.2) is 34.4 Å². The van der Waals surface area contributed by atoms with Gasteiger partial charge in [0.15, 0.2) is 0 Å². The van der Waals surface area contributed by atoms with Gasteiger partial charge in [0.05, 0.1) is 17.5 Å². The van der Waals surface area contributed by atoms with Crippen molar-refractivity contribution in [1.29, 1.82) is 0 Å². The molecule has 4 rings (SSSR count). The molecule has 2 aliphatic carbocycles. The molecule has 0 atom stereocenters. The number of hydrogen-bond acceptors (Lipinski definition) is 7. The van der Waals surface area contributed by atoms with Gasteiger partial charge < -0.3 is 21.0 Å². The first-order valence-corrected chi connectivity index (χ1v) is 11.2. The smallest absolute Gasteiger partial charge is 0.131 e. The number of aromatic nitrogens is 2. The van der Waals surface area contributed by atoms with E-state index < -0.39 is 5.41 Å². The van der Waals surface area contributed by atoms with Gasteiger partial charge in [-0.1, -0.05) is 19.0 Å². The zero-order chi connectivity index (χ0) is 22.2. The highest BCUT2D eigenvalue weighted by molar-refractivity contribution is 6.15. The third kappa shape index (κ3) is 4.24.